The van der Waals surface area contributed by atoms with Crippen LogP contribution < -0.4 is 14.8 Å². The Morgan fingerprint density at radius 1 is 1.05 bits per heavy atom. The van der Waals surface area contributed by atoms with Crippen molar-refractivity contribution in [3.05, 3.63) is 41.8 Å². The van der Waals surface area contributed by atoms with Gasteiger partial charge in [-0.05, 0) is 23.6 Å². The topological polar surface area (TPSA) is 56.3 Å². The van der Waals surface area contributed by atoms with Crippen molar-refractivity contribution >= 4 is 27.5 Å². The zero-order valence-corrected chi connectivity index (χ0v) is 12.4. The number of para-hydroxylation sites is 1. The number of fused-ring (bicyclic) bond motifs is 1. The second-order valence-electron chi connectivity index (χ2n) is 4.25. The average molecular weight is 301 g/mol. The second-order valence-corrected chi connectivity index (χ2v) is 5.15. The van der Waals surface area contributed by atoms with Crippen LogP contribution in [0.3, 0.4) is 0 Å². The van der Waals surface area contributed by atoms with E-state index in [0.717, 1.165) is 16.0 Å². The van der Waals surface area contributed by atoms with E-state index in [1.807, 2.05) is 41.8 Å². The van der Waals surface area contributed by atoms with E-state index in [0.29, 0.717) is 25.0 Å². The molecule has 0 aliphatic carbocycles. The predicted molar refractivity (Wildman–Crippen MR) is 84.4 cm³/mol. The largest absolute Gasteiger partial charge is 0.490 e. The molecule has 3 rings (SSSR count). The lowest BCUT2D eigenvalue weighted by Gasteiger charge is -2.09. The number of nitrogens with zero attached hydrogens (tertiary/aromatic N) is 2. The monoisotopic (exact) mass is 301 g/mol. The SMILES string of the molecule is CNc1nc(OCCOc2ccccc2)c2ccsc2n1. The number of nitrogens with one attached hydrogen (secondary N) is 1. The van der Waals surface area contributed by atoms with Crippen LogP contribution in [0.25, 0.3) is 10.2 Å². The summed E-state index contributed by atoms with van der Waals surface area (Å²) in [6.45, 7) is 0.897. The van der Waals surface area contributed by atoms with E-state index < -0.39 is 0 Å². The number of hydrogen-bond donors (Lipinski definition) is 1. The first kappa shape index (κ1) is 13.6. The molecule has 0 radical (unpaired) electrons. The molecule has 0 spiro atoms. The molecular weight excluding hydrogens is 286 g/mol. The van der Waals surface area contributed by atoms with Crippen LogP contribution in [-0.4, -0.2) is 30.2 Å². The third-order valence-corrected chi connectivity index (χ3v) is 3.65. The fourth-order valence-corrected chi connectivity index (χ4v) is 2.62. The fraction of sp³-hybridized carbons (Fsp3) is 0.200. The van der Waals surface area contributed by atoms with Crippen LogP contribution in [0.2, 0.25) is 0 Å². The van der Waals surface area contributed by atoms with Crippen molar-refractivity contribution in [3.8, 4) is 11.6 Å². The molecule has 2 heterocycles. The Labute approximate surface area is 126 Å². The van der Waals surface area contributed by atoms with E-state index in [1.54, 1.807) is 18.4 Å². The van der Waals surface area contributed by atoms with Gasteiger partial charge in [-0.3, -0.25) is 0 Å². The zero-order valence-electron chi connectivity index (χ0n) is 11.6. The highest BCUT2D eigenvalue weighted by atomic mass is 32.1. The molecule has 21 heavy (non-hydrogen) atoms. The lowest BCUT2D eigenvalue weighted by Crippen LogP contribution is -2.10. The smallest absolute Gasteiger partial charge is 0.227 e. The Morgan fingerprint density at radius 2 is 1.86 bits per heavy atom. The Kier molecular flexibility index (Phi) is 4.16. The normalized spacial score (nSPS) is 10.5. The minimum atomic E-state index is 0.431. The Morgan fingerprint density at radius 3 is 2.67 bits per heavy atom. The van der Waals surface area contributed by atoms with Crippen LogP contribution >= 0.6 is 11.3 Å². The highest BCUT2D eigenvalue weighted by molar-refractivity contribution is 7.16. The summed E-state index contributed by atoms with van der Waals surface area (Å²) in [4.78, 5) is 9.63. The fourth-order valence-electron chi connectivity index (χ4n) is 1.86. The molecule has 6 heteroatoms. The molecule has 0 bridgehead atoms. The number of rotatable bonds is 6. The van der Waals surface area contributed by atoms with Gasteiger partial charge in [0.1, 0.15) is 23.8 Å². The lowest BCUT2D eigenvalue weighted by molar-refractivity contribution is 0.214. The summed E-state index contributed by atoms with van der Waals surface area (Å²) < 4.78 is 11.3. The van der Waals surface area contributed by atoms with Crippen LogP contribution in [0.5, 0.6) is 11.6 Å². The molecule has 0 saturated heterocycles. The molecule has 2 aromatic heterocycles. The van der Waals surface area contributed by atoms with E-state index in [1.165, 1.54) is 0 Å². The molecule has 108 valence electrons. The van der Waals surface area contributed by atoms with E-state index in [9.17, 15) is 0 Å². The van der Waals surface area contributed by atoms with Gasteiger partial charge in [0, 0.05) is 7.05 Å². The molecule has 1 N–H and O–H groups in total. The summed E-state index contributed by atoms with van der Waals surface area (Å²) in [5.41, 5.74) is 0. The number of aromatic nitrogens is 2. The van der Waals surface area contributed by atoms with Gasteiger partial charge in [-0.15, -0.1) is 11.3 Å². The van der Waals surface area contributed by atoms with Crippen molar-refractivity contribution in [2.45, 2.75) is 0 Å². The Balaban J connectivity index is 1.63. The molecule has 5 nitrogen and oxygen atoms in total. The summed E-state index contributed by atoms with van der Waals surface area (Å²) in [5.74, 6) is 1.98. The highest BCUT2D eigenvalue weighted by Gasteiger charge is 2.09. The molecule has 0 saturated carbocycles. The van der Waals surface area contributed by atoms with Gasteiger partial charge in [0.15, 0.2) is 0 Å². The van der Waals surface area contributed by atoms with Crippen molar-refractivity contribution in [2.24, 2.45) is 0 Å². The summed E-state index contributed by atoms with van der Waals surface area (Å²) >= 11 is 1.56. The minimum absolute atomic E-state index is 0.431. The molecular formula is C15H15N3O2S. The molecule has 0 aliphatic rings. The highest BCUT2D eigenvalue weighted by Crippen LogP contribution is 2.27. The van der Waals surface area contributed by atoms with Gasteiger partial charge in [-0.1, -0.05) is 18.2 Å². The molecule has 0 amide bonds. The molecule has 0 atom stereocenters. The summed E-state index contributed by atoms with van der Waals surface area (Å²) in [5, 5.41) is 5.85. The van der Waals surface area contributed by atoms with Crippen molar-refractivity contribution < 1.29 is 9.47 Å². The van der Waals surface area contributed by atoms with Crippen LogP contribution in [0.15, 0.2) is 41.8 Å². The number of thiophene rings is 1. The Bertz CT molecular complexity index is 715. The van der Waals surface area contributed by atoms with Crippen molar-refractivity contribution in [2.75, 3.05) is 25.6 Å². The standard InChI is InChI=1S/C15H15N3O2S/c1-16-15-17-13(12-7-10-21-14(12)18-15)20-9-8-19-11-5-3-2-4-6-11/h2-7,10H,8-9H2,1H3,(H,16,17,18). The maximum Gasteiger partial charge on any atom is 0.227 e. The number of anilines is 1. The number of benzene rings is 1. The van der Waals surface area contributed by atoms with E-state index in [-0.39, 0.29) is 0 Å². The molecule has 0 unspecified atom stereocenters. The van der Waals surface area contributed by atoms with Gasteiger partial charge < -0.3 is 14.8 Å². The number of ether oxygens (including phenoxy) is 2. The van der Waals surface area contributed by atoms with E-state index in [4.69, 9.17) is 9.47 Å². The first-order valence-corrected chi connectivity index (χ1v) is 7.48. The van der Waals surface area contributed by atoms with E-state index in [2.05, 4.69) is 15.3 Å². The minimum Gasteiger partial charge on any atom is -0.490 e. The maximum atomic E-state index is 5.73. The lowest BCUT2D eigenvalue weighted by atomic mass is 10.3. The average Bonchev–Trinajstić information content (AvgIpc) is 3.00. The molecule has 1 aromatic carbocycles. The quantitative estimate of drug-likeness (QED) is 0.709. The van der Waals surface area contributed by atoms with Crippen LogP contribution in [0.1, 0.15) is 0 Å². The van der Waals surface area contributed by atoms with Gasteiger partial charge in [-0.25, -0.2) is 4.98 Å². The third-order valence-electron chi connectivity index (χ3n) is 2.85. The van der Waals surface area contributed by atoms with Crippen molar-refractivity contribution in [1.82, 2.24) is 9.97 Å². The summed E-state index contributed by atoms with van der Waals surface area (Å²) in [6, 6.07) is 11.6. The first-order valence-electron chi connectivity index (χ1n) is 6.60. The second kappa shape index (κ2) is 6.41. The van der Waals surface area contributed by atoms with Crippen molar-refractivity contribution in [3.63, 3.8) is 0 Å². The number of hydrogen-bond acceptors (Lipinski definition) is 6. The summed E-state index contributed by atoms with van der Waals surface area (Å²) in [6.07, 6.45) is 0. The maximum absolute atomic E-state index is 5.73. The molecule has 0 fully saturated rings. The predicted octanol–water partition coefficient (Wildman–Crippen LogP) is 3.19. The molecule has 3 aromatic rings. The van der Waals surface area contributed by atoms with Crippen LogP contribution in [0, 0.1) is 0 Å². The van der Waals surface area contributed by atoms with Gasteiger partial charge in [-0.2, -0.15) is 4.98 Å². The molecule has 0 aliphatic heterocycles. The summed E-state index contributed by atoms with van der Waals surface area (Å²) in [7, 11) is 1.79. The van der Waals surface area contributed by atoms with E-state index >= 15 is 0 Å². The van der Waals surface area contributed by atoms with Gasteiger partial charge in [0.2, 0.25) is 11.8 Å². The van der Waals surface area contributed by atoms with Crippen LogP contribution in [-0.2, 0) is 0 Å². The van der Waals surface area contributed by atoms with Crippen molar-refractivity contribution in [1.29, 1.82) is 0 Å². The van der Waals surface area contributed by atoms with Crippen LogP contribution in [0.4, 0.5) is 5.95 Å². The third kappa shape index (κ3) is 3.22. The van der Waals surface area contributed by atoms with Gasteiger partial charge in [0.25, 0.3) is 0 Å². The van der Waals surface area contributed by atoms with Gasteiger partial charge in [0.05, 0.1) is 5.39 Å². The Hall–Kier alpha value is -2.34. The zero-order chi connectivity index (χ0) is 14.5. The first-order chi connectivity index (χ1) is 10.4. The van der Waals surface area contributed by atoms with Gasteiger partial charge >= 0.3 is 0 Å².